The Morgan fingerprint density at radius 3 is 2.79 bits per heavy atom. The minimum Gasteiger partial charge on any atom is -0.322 e. The van der Waals surface area contributed by atoms with Crippen LogP contribution >= 0.6 is 0 Å². The van der Waals surface area contributed by atoms with E-state index >= 15 is 0 Å². The van der Waals surface area contributed by atoms with Gasteiger partial charge in [-0.1, -0.05) is 0 Å². The lowest BCUT2D eigenvalue weighted by atomic mass is 9.82. The Labute approximate surface area is 82.9 Å². The molecule has 0 aromatic carbocycles. The summed E-state index contributed by atoms with van der Waals surface area (Å²) in [5.41, 5.74) is 5.54. The van der Waals surface area contributed by atoms with E-state index in [4.69, 9.17) is 5.73 Å². The highest BCUT2D eigenvalue weighted by atomic mass is 19.3. The third-order valence-corrected chi connectivity index (χ3v) is 2.85. The van der Waals surface area contributed by atoms with Crippen molar-refractivity contribution in [3.8, 4) is 0 Å². The number of nitrogens with two attached hydrogens (primary N) is 1. The Balaban J connectivity index is 2.42. The van der Waals surface area contributed by atoms with E-state index in [9.17, 15) is 13.6 Å². The predicted octanol–water partition coefficient (Wildman–Crippen LogP) is 2.12. The van der Waals surface area contributed by atoms with Crippen molar-refractivity contribution in [3.05, 3.63) is 0 Å². The fraction of sp³-hybridized carbons (Fsp3) is 0.900. The SMILES string of the molecule is CC(=O)C(N)CC1CCCC(F)(F)C1. The van der Waals surface area contributed by atoms with Gasteiger partial charge in [-0.2, -0.15) is 0 Å². The monoisotopic (exact) mass is 205 g/mol. The molecule has 1 fully saturated rings. The molecular weight excluding hydrogens is 188 g/mol. The summed E-state index contributed by atoms with van der Waals surface area (Å²) >= 11 is 0. The van der Waals surface area contributed by atoms with Crippen molar-refractivity contribution in [2.24, 2.45) is 11.7 Å². The largest absolute Gasteiger partial charge is 0.322 e. The average molecular weight is 205 g/mol. The van der Waals surface area contributed by atoms with Crippen LogP contribution in [0, 0.1) is 5.92 Å². The molecular formula is C10H17F2NO. The maximum atomic E-state index is 13.0. The van der Waals surface area contributed by atoms with Crippen LogP contribution in [0.4, 0.5) is 8.78 Å². The maximum absolute atomic E-state index is 13.0. The van der Waals surface area contributed by atoms with E-state index in [2.05, 4.69) is 0 Å². The van der Waals surface area contributed by atoms with Crippen LogP contribution in [0.1, 0.15) is 39.0 Å². The van der Waals surface area contributed by atoms with Crippen molar-refractivity contribution in [1.82, 2.24) is 0 Å². The van der Waals surface area contributed by atoms with E-state index < -0.39 is 12.0 Å². The van der Waals surface area contributed by atoms with Gasteiger partial charge in [0.2, 0.25) is 5.92 Å². The first-order valence-electron chi connectivity index (χ1n) is 5.04. The highest BCUT2D eigenvalue weighted by Gasteiger charge is 2.36. The zero-order valence-corrected chi connectivity index (χ0v) is 8.43. The van der Waals surface area contributed by atoms with Crippen LogP contribution in [-0.4, -0.2) is 17.7 Å². The lowest BCUT2D eigenvalue weighted by molar-refractivity contribution is -0.119. The molecule has 0 radical (unpaired) electrons. The summed E-state index contributed by atoms with van der Waals surface area (Å²) in [4.78, 5) is 10.9. The van der Waals surface area contributed by atoms with Crippen molar-refractivity contribution in [1.29, 1.82) is 0 Å². The lowest BCUT2D eigenvalue weighted by Gasteiger charge is -2.29. The van der Waals surface area contributed by atoms with Gasteiger partial charge in [-0.3, -0.25) is 4.79 Å². The quantitative estimate of drug-likeness (QED) is 0.766. The number of rotatable bonds is 3. The van der Waals surface area contributed by atoms with Gasteiger partial charge in [0, 0.05) is 12.8 Å². The van der Waals surface area contributed by atoms with E-state index in [0.717, 1.165) is 6.42 Å². The van der Waals surface area contributed by atoms with Crippen molar-refractivity contribution < 1.29 is 13.6 Å². The van der Waals surface area contributed by atoms with Gasteiger partial charge >= 0.3 is 0 Å². The van der Waals surface area contributed by atoms with Crippen LogP contribution in [0.3, 0.4) is 0 Å². The zero-order valence-electron chi connectivity index (χ0n) is 8.43. The molecule has 82 valence electrons. The van der Waals surface area contributed by atoms with Crippen molar-refractivity contribution in [2.45, 2.75) is 51.0 Å². The first-order chi connectivity index (χ1) is 6.41. The van der Waals surface area contributed by atoms with Gasteiger partial charge in [0.25, 0.3) is 0 Å². The molecule has 1 aliphatic carbocycles. The van der Waals surface area contributed by atoms with Crippen LogP contribution in [0.2, 0.25) is 0 Å². The number of carbonyl (C=O) groups is 1. The van der Waals surface area contributed by atoms with Gasteiger partial charge in [0.05, 0.1) is 6.04 Å². The predicted molar refractivity (Wildman–Crippen MR) is 50.2 cm³/mol. The second-order valence-electron chi connectivity index (χ2n) is 4.27. The summed E-state index contributed by atoms with van der Waals surface area (Å²) in [7, 11) is 0. The standard InChI is InChI=1S/C10H17F2NO/c1-7(14)9(13)5-8-3-2-4-10(11,12)6-8/h8-9H,2-6,13H2,1H3. The average Bonchev–Trinajstić information content (AvgIpc) is 2.01. The second-order valence-corrected chi connectivity index (χ2v) is 4.27. The zero-order chi connectivity index (χ0) is 10.8. The molecule has 2 N–H and O–H groups in total. The molecule has 1 rings (SSSR count). The van der Waals surface area contributed by atoms with Gasteiger partial charge < -0.3 is 5.73 Å². The van der Waals surface area contributed by atoms with Gasteiger partial charge in [-0.15, -0.1) is 0 Å². The minimum absolute atomic E-state index is 0.0151. The molecule has 0 heterocycles. The summed E-state index contributed by atoms with van der Waals surface area (Å²) in [6, 6.07) is -0.561. The third-order valence-electron chi connectivity index (χ3n) is 2.85. The molecule has 14 heavy (non-hydrogen) atoms. The van der Waals surface area contributed by atoms with Crippen molar-refractivity contribution in [2.75, 3.05) is 0 Å². The smallest absolute Gasteiger partial charge is 0.248 e. The molecule has 1 saturated carbocycles. The molecule has 0 spiro atoms. The Morgan fingerprint density at radius 1 is 1.64 bits per heavy atom. The van der Waals surface area contributed by atoms with Crippen molar-refractivity contribution in [3.63, 3.8) is 0 Å². The highest BCUT2D eigenvalue weighted by Crippen LogP contribution is 2.38. The Hall–Kier alpha value is -0.510. The first kappa shape index (κ1) is 11.6. The summed E-state index contributed by atoms with van der Waals surface area (Å²) in [6.07, 6.45) is 1.61. The molecule has 0 aromatic heterocycles. The highest BCUT2D eigenvalue weighted by molar-refractivity contribution is 5.81. The topological polar surface area (TPSA) is 43.1 Å². The number of hydrogen-bond donors (Lipinski definition) is 1. The van der Waals surface area contributed by atoms with Gasteiger partial charge in [0.1, 0.15) is 5.78 Å². The number of ketones is 1. The lowest BCUT2D eigenvalue weighted by Crippen LogP contribution is -2.34. The van der Waals surface area contributed by atoms with Crippen LogP contribution in [0.5, 0.6) is 0 Å². The number of hydrogen-bond acceptors (Lipinski definition) is 2. The third kappa shape index (κ3) is 3.33. The maximum Gasteiger partial charge on any atom is 0.248 e. The van der Waals surface area contributed by atoms with Gasteiger partial charge in [-0.25, -0.2) is 8.78 Å². The first-order valence-corrected chi connectivity index (χ1v) is 5.04. The normalized spacial score (nSPS) is 28.4. The van der Waals surface area contributed by atoms with Crippen LogP contribution < -0.4 is 5.73 Å². The number of carbonyl (C=O) groups excluding carboxylic acids is 1. The van der Waals surface area contributed by atoms with Crippen LogP contribution in [0.15, 0.2) is 0 Å². The molecule has 0 bridgehead atoms. The number of alkyl halides is 2. The summed E-state index contributed by atoms with van der Waals surface area (Å²) in [5.74, 6) is -2.74. The Bertz CT molecular complexity index is 218. The fourth-order valence-electron chi connectivity index (χ4n) is 2.00. The minimum atomic E-state index is -2.54. The fourth-order valence-corrected chi connectivity index (χ4v) is 2.00. The summed E-state index contributed by atoms with van der Waals surface area (Å²) in [6.45, 7) is 1.41. The van der Waals surface area contributed by atoms with Gasteiger partial charge in [-0.05, 0) is 32.1 Å². The van der Waals surface area contributed by atoms with E-state index in [1.165, 1.54) is 6.92 Å². The molecule has 0 aromatic rings. The molecule has 2 atom stereocenters. The number of Topliss-reactive ketones (excluding diaryl/α,β-unsaturated/α-hetero) is 1. The molecule has 0 amide bonds. The number of halogens is 2. The van der Waals surface area contributed by atoms with E-state index in [1.807, 2.05) is 0 Å². The summed E-state index contributed by atoms with van der Waals surface area (Å²) in [5, 5.41) is 0. The van der Waals surface area contributed by atoms with Crippen LogP contribution in [0.25, 0.3) is 0 Å². The molecule has 0 saturated heterocycles. The van der Waals surface area contributed by atoms with E-state index in [0.29, 0.717) is 12.8 Å². The molecule has 4 heteroatoms. The molecule has 0 aliphatic heterocycles. The van der Waals surface area contributed by atoms with E-state index in [-0.39, 0.29) is 24.5 Å². The van der Waals surface area contributed by atoms with Crippen molar-refractivity contribution >= 4 is 5.78 Å². The van der Waals surface area contributed by atoms with Crippen LogP contribution in [-0.2, 0) is 4.79 Å². The Kier molecular flexibility index (Phi) is 3.59. The molecule has 1 aliphatic rings. The molecule has 2 nitrogen and oxygen atoms in total. The van der Waals surface area contributed by atoms with Gasteiger partial charge in [0.15, 0.2) is 0 Å². The second kappa shape index (κ2) is 4.34. The summed E-state index contributed by atoms with van der Waals surface area (Å²) < 4.78 is 26.0. The Morgan fingerprint density at radius 2 is 2.29 bits per heavy atom. The molecule has 2 unspecified atom stereocenters. The van der Waals surface area contributed by atoms with E-state index in [1.54, 1.807) is 0 Å².